The number of ether oxygens (including phenoxy) is 1. The second-order valence-corrected chi connectivity index (χ2v) is 6.47. The quantitative estimate of drug-likeness (QED) is 0.298. The van der Waals surface area contributed by atoms with Crippen molar-refractivity contribution in [3.05, 3.63) is 100 Å². The second-order valence-electron chi connectivity index (χ2n) is 6.03. The van der Waals surface area contributed by atoms with E-state index >= 15 is 0 Å². The number of rotatable bonds is 5. The smallest absolute Gasteiger partial charge is 0.343 e. The number of aryl methyl sites for hydroxylation is 1. The topological polar surface area (TPSA) is 67.8 Å². The Hall–Kier alpha value is -3.44. The number of halogens is 1. The van der Waals surface area contributed by atoms with Gasteiger partial charge in [0.15, 0.2) is 0 Å². The average Bonchev–Trinajstić information content (AvgIpc) is 2.69. The zero-order chi connectivity index (χ0) is 19.9. The lowest BCUT2D eigenvalue weighted by molar-refractivity contribution is 0.0734. The van der Waals surface area contributed by atoms with Crippen LogP contribution in [0.15, 0.2) is 77.9 Å². The minimum absolute atomic E-state index is 0.352. The van der Waals surface area contributed by atoms with Gasteiger partial charge in [-0.1, -0.05) is 41.4 Å². The number of nitrogens with one attached hydrogen (secondary N) is 1. The van der Waals surface area contributed by atoms with Crippen LogP contribution in [-0.4, -0.2) is 18.1 Å². The van der Waals surface area contributed by atoms with Gasteiger partial charge >= 0.3 is 5.97 Å². The molecule has 0 heterocycles. The van der Waals surface area contributed by atoms with E-state index in [-0.39, 0.29) is 5.91 Å². The molecular formula is C22H17ClN2O3. The van der Waals surface area contributed by atoms with Crippen molar-refractivity contribution in [3.63, 3.8) is 0 Å². The molecule has 0 aliphatic rings. The van der Waals surface area contributed by atoms with E-state index in [1.807, 2.05) is 19.1 Å². The lowest BCUT2D eigenvalue weighted by Crippen LogP contribution is -2.17. The molecule has 0 unspecified atom stereocenters. The van der Waals surface area contributed by atoms with E-state index < -0.39 is 5.97 Å². The summed E-state index contributed by atoms with van der Waals surface area (Å²) < 4.78 is 5.39. The van der Waals surface area contributed by atoms with E-state index in [0.29, 0.717) is 27.5 Å². The largest absolute Gasteiger partial charge is 0.423 e. The molecule has 0 radical (unpaired) electrons. The SMILES string of the molecule is Cc1ccc(C(=O)Oc2cccc(/C=N\NC(=O)c3ccc(Cl)cc3)c2)cc1. The van der Waals surface area contributed by atoms with Gasteiger partial charge in [0.05, 0.1) is 11.8 Å². The van der Waals surface area contributed by atoms with Crippen LogP contribution in [0.3, 0.4) is 0 Å². The van der Waals surface area contributed by atoms with E-state index in [9.17, 15) is 9.59 Å². The van der Waals surface area contributed by atoms with Crippen molar-refractivity contribution in [1.29, 1.82) is 0 Å². The number of hydrogen-bond donors (Lipinski definition) is 1. The maximum Gasteiger partial charge on any atom is 0.343 e. The molecule has 0 aromatic heterocycles. The van der Waals surface area contributed by atoms with Crippen LogP contribution in [-0.2, 0) is 0 Å². The highest BCUT2D eigenvalue weighted by Crippen LogP contribution is 2.15. The lowest BCUT2D eigenvalue weighted by Gasteiger charge is -2.05. The summed E-state index contributed by atoms with van der Waals surface area (Å²) >= 11 is 5.80. The highest BCUT2D eigenvalue weighted by molar-refractivity contribution is 6.30. The molecule has 6 heteroatoms. The molecule has 0 aliphatic heterocycles. The predicted molar refractivity (Wildman–Crippen MR) is 109 cm³/mol. The monoisotopic (exact) mass is 392 g/mol. The van der Waals surface area contributed by atoms with Crippen molar-refractivity contribution >= 4 is 29.7 Å². The molecule has 0 spiro atoms. The fourth-order valence-corrected chi connectivity index (χ4v) is 2.47. The second kappa shape index (κ2) is 8.97. The van der Waals surface area contributed by atoms with Crippen LogP contribution in [0, 0.1) is 6.92 Å². The van der Waals surface area contributed by atoms with Crippen LogP contribution in [0.5, 0.6) is 5.75 Å². The summed E-state index contributed by atoms with van der Waals surface area (Å²) in [5, 5.41) is 4.48. The van der Waals surface area contributed by atoms with Gasteiger partial charge in [-0.05, 0) is 61.0 Å². The fourth-order valence-electron chi connectivity index (χ4n) is 2.35. The first-order chi connectivity index (χ1) is 13.5. The Morgan fingerprint density at radius 1 is 0.964 bits per heavy atom. The Balaban J connectivity index is 1.61. The first-order valence-electron chi connectivity index (χ1n) is 8.49. The summed E-state index contributed by atoms with van der Waals surface area (Å²) in [7, 11) is 0. The number of nitrogens with zero attached hydrogens (tertiary/aromatic N) is 1. The number of carbonyl (C=O) groups is 2. The molecule has 0 atom stereocenters. The van der Waals surface area contributed by atoms with E-state index in [4.69, 9.17) is 16.3 Å². The van der Waals surface area contributed by atoms with Crippen molar-refractivity contribution in [2.45, 2.75) is 6.92 Å². The van der Waals surface area contributed by atoms with Crippen LogP contribution in [0.2, 0.25) is 5.02 Å². The molecule has 140 valence electrons. The average molecular weight is 393 g/mol. The molecule has 3 aromatic carbocycles. The van der Waals surface area contributed by atoms with Gasteiger partial charge in [-0.15, -0.1) is 0 Å². The van der Waals surface area contributed by atoms with Gasteiger partial charge in [0, 0.05) is 10.6 Å². The van der Waals surface area contributed by atoms with Crippen molar-refractivity contribution in [2.24, 2.45) is 5.10 Å². The van der Waals surface area contributed by atoms with Gasteiger partial charge in [0.2, 0.25) is 0 Å². The molecular weight excluding hydrogens is 376 g/mol. The Morgan fingerprint density at radius 3 is 2.36 bits per heavy atom. The van der Waals surface area contributed by atoms with Crippen molar-refractivity contribution < 1.29 is 14.3 Å². The third-order valence-corrected chi connectivity index (χ3v) is 4.09. The lowest BCUT2D eigenvalue weighted by atomic mass is 10.1. The zero-order valence-corrected chi connectivity index (χ0v) is 15.8. The van der Waals surface area contributed by atoms with Crippen molar-refractivity contribution in [3.8, 4) is 5.75 Å². The maximum absolute atomic E-state index is 12.2. The van der Waals surface area contributed by atoms with E-state index in [1.54, 1.807) is 60.7 Å². The molecule has 28 heavy (non-hydrogen) atoms. The maximum atomic E-state index is 12.2. The normalized spacial score (nSPS) is 10.6. The first kappa shape index (κ1) is 19.3. The van der Waals surface area contributed by atoms with Gasteiger partial charge in [-0.3, -0.25) is 4.79 Å². The van der Waals surface area contributed by atoms with Crippen LogP contribution in [0.25, 0.3) is 0 Å². The van der Waals surface area contributed by atoms with Gasteiger partial charge in [0.1, 0.15) is 5.75 Å². The third kappa shape index (κ3) is 5.28. The fraction of sp³-hybridized carbons (Fsp3) is 0.0455. The van der Waals surface area contributed by atoms with Gasteiger partial charge in [-0.25, -0.2) is 10.2 Å². The molecule has 1 N–H and O–H groups in total. The zero-order valence-electron chi connectivity index (χ0n) is 15.1. The highest BCUT2D eigenvalue weighted by atomic mass is 35.5. The molecule has 0 saturated carbocycles. The Morgan fingerprint density at radius 2 is 1.64 bits per heavy atom. The molecule has 0 bridgehead atoms. The predicted octanol–water partition coefficient (Wildman–Crippen LogP) is 4.63. The number of hydrogen-bond acceptors (Lipinski definition) is 4. The van der Waals surface area contributed by atoms with Crippen LogP contribution >= 0.6 is 11.6 Å². The number of hydrazone groups is 1. The number of esters is 1. The Kier molecular flexibility index (Phi) is 6.19. The van der Waals surface area contributed by atoms with Gasteiger partial charge < -0.3 is 4.74 Å². The van der Waals surface area contributed by atoms with E-state index in [0.717, 1.165) is 5.56 Å². The molecule has 5 nitrogen and oxygen atoms in total. The summed E-state index contributed by atoms with van der Waals surface area (Å²) in [5.41, 5.74) is 5.09. The summed E-state index contributed by atoms with van der Waals surface area (Å²) in [6.07, 6.45) is 1.47. The number of amides is 1. The summed E-state index contributed by atoms with van der Waals surface area (Å²) in [4.78, 5) is 24.2. The van der Waals surface area contributed by atoms with Gasteiger partial charge in [-0.2, -0.15) is 5.10 Å². The van der Waals surface area contributed by atoms with Crippen molar-refractivity contribution in [2.75, 3.05) is 0 Å². The van der Waals surface area contributed by atoms with Gasteiger partial charge in [0.25, 0.3) is 5.91 Å². The Bertz CT molecular complexity index is 1010. The minimum atomic E-state index is -0.440. The first-order valence-corrected chi connectivity index (χ1v) is 8.87. The molecule has 1 amide bonds. The minimum Gasteiger partial charge on any atom is -0.423 e. The molecule has 0 fully saturated rings. The Labute approximate surface area is 167 Å². The van der Waals surface area contributed by atoms with E-state index in [1.165, 1.54) is 6.21 Å². The van der Waals surface area contributed by atoms with Crippen LogP contribution < -0.4 is 10.2 Å². The highest BCUT2D eigenvalue weighted by Gasteiger charge is 2.08. The number of carbonyl (C=O) groups excluding carboxylic acids is 2. The van der Waals surface area contributed by atoms with Crippen LogP contribution in [0.1, 0.15) is 31.8 Å². The standard InChI is InChI=1S/C22H17ClN2O3/c1-15-5-7-18(8-6-15)22(27)28-20-4-2-3-16(13-20)14-24-25-21(26)17-9-11-19(23)12-10-17/h2-14H,1H3,(H,25,26)/b24-14-. The summed E-state index contributed by atoms with van der Waals surface area (Å²) in [5.74, 6) is -0.404. The molecule has 0 aliphatic carbocycles. The van der Waals surface area contributed by atoms with Crippen molar-refractivity contribution in [1.82, 2.24) is 5.43 Å². The summed E-state index contributed by atoms with van der Waals surface area (Å²) in [6, 6.07) is 20.5. The summed E-state index contributed by atoms with van der Waals surface area (Å²) in [6.45, 7) is 1.95. The van der Waals surface area contributed by atoms with Crippen LogP contribution in [0.4, 0.5) is 0 Å². The molecule has 3 aromatic rings. The molecule has 3 rings (SSSR count). The number of benzene rings is 3. The molecule has 0 saturated heterocycles. The third-order valence-electron chi connectivity index (χ3n) is 3.84. The van der Waals surface area contributed by atoms with E-state index in [2.05, 4.69) is 10.5 Å².